The van der Waals surface area contributed by atoms with Gasteiger partial charge in [-0.2, -0.15) is 0 Å². The van der Waals surface area contributed by atoms with Gasteiger partial charge in [0.25, 0.3) is 0 Å². The summed E-state index contributed by atoms with van der Waals surface area (Å²) in [4.78, 5) is 10.8. The minimum absolute atomic E-state index is 0.199. The summed E-state index contributed by atoms with van der Waals surface area (Å²) in [6, 6.07) is 15.9. The number of nitrogens with one attached hydrogen (secondary N) is 2. The van der Waals surface area contributed by atoms with Gasteiger partial charge in [0.2, 0.25) is 16.4 Å². The van der Waals surface area contributed by atoms with Crippen molar-refractivity contribution in [1.29, 1.82) is 0 Å². The Kier molecular flexibility index (Phi) is 6.82. The first-order chi connectivity index (χ1) is 12.0. The topological polar surface area (TPSA) is 84.5 Å². The molecule has 0 unspecified atom stereocenters. The lowest BCUT2D eigenvalue weighted by Gasteiger charge is -2.17. The lowest BCUT2D eigenvalue weighted by atomic mass is 10.1. The van der Waals surface area contributed by atoms with E-state index in [1.54, 1.807) is 24.3 Å². The molecule has 1 atom stereocenters. The summed E-state index contributed by atoms with van der Waals surface area (Å²) in [7, 11) is -2.10. The molecule has 2 aromatic rings. The molecule has 0 radical (unpaired) electrons. The summed E-state index contributed by atoms with van der Waals surface area (Å²) in [5.74, 6) is 0.363. The number of hydrogen-bond acceptors (Lipinski definition) is 4. The fraction of sp³-hybridized carbons (Fsp3) is 0.278. The molecule has 2 aromatic carbocycles. The summed E-state index contributed by atoms with van der Waals surface area (Å²) >= 11 is 0. The number of hydrogen-bond donors (Lipinski definition) is 2. The maximum Gasteiger partial charge on any atom is 0.234 e. The monoisotopic (exact) mass is 362 g/mol. The van der Waals surface area contributed by atoms with Gasteiger partial charge >= 0.3 is 0 Å². The Morgan fingerprint density at radius 2 is 1.88 bits per heavy atom. The molecule has 0 saturated heterocycles. The molecule has 2 N–H and O–H groups in total. The van der Waals surface area contributed by atoms with Crippen LogP contribution in [0.15, 0.2) is 54.6 Å². The van der Waals surface area contributed by atoms with Crippen molar-refractivity contribution in [1.82, 2.24) is 5.32 Å². The van der Waals surface area contributed by atoms with Gasteiger partial charge in [-0.1, -0.05) is 36.4 Å². The SMILES string of the molecule is COc1cccc(NS(=O)(=O)C[C@H](CCc2ccccc2)NC=O)c1. The molecular weight excluding hydrogens is 340 g/mol. The fourth-order valence-corrected chi connectivity index (χ4v) is 3.83. The number of rotatable bonds is 10. The van der Waals surface area contributed by atoms with Crippen molar-refractivity contribution in [3.63, 3.8) is 0 Å². The van der Waals surface area contributed by atoms with Crippen LogP contribution in [-0.2, 0) is 21.2 Å². The lowest BCUT2D eigenvalue weighted by Crippen LogP contribution is -2.37. The maximum absolute atomic E-state index is 12.4. The molecule has 0 heterocycles. The van der Waals surface area contributed by atoms with Crippen LogP contribution in [0.3, 0.4) is 0 Å². The van der Waals surface area contributed by atoms with E-state index in [1.165, 1.54) is 7.11 Å². The first kappa shape index (κ1) is 18.8. The minimum Gasteiger partial charge on any atom is -0.497 e. The smallest absolute Gasteiger partial charge is 0.234 e. The van der Waals surface area contributed by atoms with Gasteiger partial charge in [-0.3, -0.25) is 9.52 Å². The van der Waals surface area contributed by atoms with E-state index in [4.69, 9.17) is 4.74 Å². The molecule has 0 fully saturated rings. The van der Waals surface area contributed by atoms with Crippen LogP contribution in [0.1, 0.15) is 12.0 Å². The number of carbonyl (C=O) groups excluding carboxylic acids is 1. The van der Waals surface area contributed by atoms with Crippen LogP contribution in [0, 0.1) is 0 Å². The lowest BCUT2D eigenvalue weighted by molar-refractivity contribution is -0.110. The van der Waals surface area contributed by atoms with E-state index >= 15 is 0 Å². The molecule has 0 spiro atoms. The van der Waals surface area contributed by atoms with Crippen molar-refractivity contribution in [2.75, 3.05) is 17.6 Å². The third-order valence-corrected chi connectivity index (χ3v) is 5.08. The summed E-state index contributed by atoms with van der Waals surface area (Å²) < 4.78 is 32.4. The van der Waals surface area contributed by atoms with Gasteiger partial charge < -0.3 is 10.1 Å². The molecule has 7 heteroatoms. The quantitative estimate of drug-likeness (QED) is 0.635. The average molecular weight is 362 g/mol. The van der Waals surface area contributed by atoms with Gasteiger partial charge in [0.05, 0.1) is 18.6 Å². The van der Waals surface area contributed by atoms with Crippen molar-refractivity contribution in [3.8, 4) is 5.75 Å². The zero-order valence-electron chi connectivity index (χ0n) is 14.0. The molecule has 2 rings (SSSR count). The average Bonchev–Trinajstić information content (AvgIpc) is 2.60. The van der Waals surface area contributed by atoms with Crippen LogP contribution >= 0.6 is 0 Å². The van der Waals surface area contributed by atoms with E-state index in [0.717, 1.165) is 5.56 Å². The molecule has 0 aromatic heterocycles. The maximum atomic E-state index is 12.4. The zero-order chi connectivity index (χ0) is 18.1. The van der Waals surface area contributed by atoms with E-state index in [-0.39, 0.29) is 5.75 Å². The molecule has 134 valence electrons. The largest absolute Gasteiger partial charge is 0.497 e. The predicted molar refractivity (Wildman–Crippen MR) is 98.2 cm³/mol. The van der Waals surface area contributed by atoms with Crippen molar-refractivity contribution < 1.29 is 17.9 Å². The van der Waals surface area contributed by atoms with E-state index in [2.05, 4.69) is 10.0 Å². The highest BCUT2D eigenvalue weighted by Crippen LogP contribution is 2.18. The van der Waals surface area contributed by atoms with E-state index in [9.17, 15) is 13.2 Å². The molecule has 1 amide bonds. The number of amides is 1. The fourth-order valence-electron chi connectivity index (χ4n) is 2.47. The molecule has 0 saturated carbocycles. The number of aryl methyl sites for hydroxylation is 1. The third kappa shape index (κ3) is 6.46. The van der Waals surface area contributed by atoms with Gasteiger partial charge in [-0.15, -0.1) is 0 Å². The molecule has 25 heavy (non-hydrogen) atoms. The third-order valence-electron chi connectivity index (χ3n) is 3.69. The number of methoxy groups -OCH3 is 1. The van der Waals surface area contributed by atoms with Crippen molar-refractivity contribution in [2.45, 2.75) is 18.9 Å². The number of ether oxygens (including phenoxy) is 1. The normalized spacial score (nSPS) is 12.2. The first-order valence-corrected chi connectivity index (χ1v) is 9.56. The zero-order valence-corrected chi connectivity index (χ0v) is 14.8. The highest BCUT2D eigenvalue weighted by atomic mass is 32.2. The molecule has 0 aliphatic rings. The molecule has 6 nitrogen and oxygen atoms in total. The Labute approximate surface area is 148 Å². The van der Waals surface area contributed by atoms with Gasteiger partial charge in [0, 0.05) is 12.1 Å². The minimum atomic E-state index is -3.61. The molecule has 0 aliphatic carbocycles. The van der Waals surface area contributed by atoms with Crippen LogP contribution in [0.25, 0.3) is 0 Å². The van der Waals surface area contributed by atoms with Crippen LogP contribution < -0.4 is 14.8 Å². The van der Waals surface area contributed by atoms with Gasteiger partial charge in [-0.05, 0) is 30.5 Å². The molecular formula is C18H22N2O4S. The summed E-state index contributed by atoms with van der Waals surface area (Å²) in [5.41, 5.74) is 1.52. The second-order valence-electron chi connectivity index (χ2n) is 5.62. The number of sulfonamides is 1. The van der Waals surface area contributed by atoms with Crippen LogP contribution in [0.5, 0.6) is 5.75 Å². The van der Waals surface area contributed by atoms with Crippen LogP contribution in [-0.4, -0.2) is 33.7 Å². The second-order valence-corrected chi connectivity index (χ2v) is 7.39. The highest BCUT2D eigenvalue weighted by molar-refractivity contribution is 7.92. The number of benzene rings is 2. The Balaban J connectivity index is 1.99. The number of carbonyl (C=O) groups is 1. The molecule has 0 aliphatic heterocycles. The number of anilines is 1. The van der Waals surface area contributed by atoms with Crippen LogP contribution in [0.4, 0.5) is 5.69 Å². The summed E-state index contributed by atoms with van der Waals surface area (Å²) in [6.45, 7) is 0. The summed E-state index contributed by atoms with van der Waals surface area (Å²) in [6.07, 6.45) is 1.75. The summed E-state index contributed by atoms with van der Waals surface area (Å²) in [5, 5.41) is 2.59. The standard InChI is InChI=1S/C18H22N2O4S/c1-24-18-9-5-8-16(12-18)20-25(22,23)13-17(19-14-21)11-10-15-6-3-2-4-7-15/h2-9,12,14,17,20H,10-11,13H2,1H3,(H,19,21)/t17-/m0/s1. The van der Waals surface area contributed by atoms with Gasteiger partial charge in [-0.25, -0.2) is 8.42 Å². The Bertz CT molecular complexity index is 779. The Morgan fingerprint density at radius 1 is 1.12 bits per heavy atom. The van der Waals surface area contributed by atoms with Gasteiger partial charge in [0.15, 0.2) is 0 Å². The Morgan fingerprint density at radius 3 is 2.56 bits per heavy atom. The first-order valence-electron chi connectivity index (χ1n) is 7.90. The van der Waals surface area contributed by atoms with Gasteiger partial charge in [0.1, 0.15) is 5.75 Å². The predicted octanol–water partition coefficient (Wildman–Crippen LogP) is 2.18. The second kappa shape index (κ2) is 9.08. The van der Waals surface area contributed by atoms with E-state index in [0.29, 0.717) is 30.7 Å². The van der Waals surface area contributed by atoms with Crippen molar-refractivity contribution in [3.05, 3.63) is 60.2 Å². The molecule has 0 bridgehead atoms. The Hall–Kier alpha value is -2.54. The van der Waals surface area contributed by atoms with E-state index in [1.807, 2.05) is 30.3 Å². The van der Waals surface area contributed by atoms with Crippen LogP contribution in [0.2, 0.25) is 0 Å². The van der Waals surface area contributed by atoms with Crippen molar-refractivity contribution in [2.24, 2.45) is 0 Å². The van der Waals surface area contributed by atoms with E-state index < -0.39 is 16.1 Å². The van der Waals surface area contributed by atoms with Crippen molar-refractivity contribution >= 4 is 22.1 Å². The highest BCUT2D eigenvalue weighted by Gasteiger charge is 2.19.